The Morgan fingerprint density at radius 3 is 2.18 bits per heavy atom. The molecule has 3 aromatic rings. The molecule has 0 unspecified atom stereocenters. The molecule has 2 aromatic carbocycles. The van der Waals surface area contributed by atoms with Gasteiger partial charge in [0.2, 0.25) is 11.8 Å². The summed E-state index contributed by atoms with van der Waals surface area (Å²) in [6.07, 6.45) is -2.89. The monoisotopic (exact) mass is 549 g/mol. The summed E-state index contributed by atoms with van der Waals surface area (Å²) in [5.41, 5.74) is 16.4. The van der Waals surface area contributed by atoms with Gasteiger partial charge in [0, 0.05) is 30.3 Å². The van der Waals surface area contributed by atoms with Crippen LogP contribution in [0.2, 0.25) is 0 Å². The third-order valence-corrected chi connectivity index (χ3v) is 5.66. The highest BCUT2D eigenvalue weighted by Crippen LogP contribution is 2.33. The molecule has 0 saturated carbocycles. The number of alkyl halides is 3. The van der Waals surface area contributed by atoms with Gasteiger partial charge in [0.15, 0.2) is 11.7 Å². The summed E-state index contributed by atoms with van der Waals surface area (Å²) in [7, 11) is 0. The molecule has 0 atom stereocenters. The third kappa shape index (κ3) is 10.2. The Balaban J connectivity index is 0.00000118. The van der Waals surface area contributed by atoms with E-state index in [0.29, 0.717) is 42.8 Å². The van der Waals surface area contributed by atoms with Gasteiger partial charge in [0.1, 0.15) is 0 Å². The van der Waals surface area contributed by atoms with Gasteiger partial charge in [0.05, 0.1) is 11.4 Å². The molecule has 7 N–H and O–H groups in total. The first-order valence-corrected chi connectivity index (χ1v) is 12.3. The van der Waals surface area contributed by atoms with Crippen molar-refractivity contribution in [1.29, 1.82) is 0 Å². The summed E-state index contributed by atoms with van der Waals surface area (Å²) in [5.74, 6) is -0.443. The van der Waals surface area contributed by atoms with E-state index < -0.39 is 11.9 Å². The fourth-order valence-electron chi connectivity index (χ4n) is 3.07. The summed E-state index contributed by atoms with van der Waals surface area (Å²) in [4.78, 5) is 25.8. The van der Waals surface area contributed by atoms with Gasteiger partial charge in [-0.3, -0.25) is 19.3 Å². The second-order valence-electron chi connectivity index (χ2n) is 8.19. The van der Waals surface area contributed by atoms with Gasteiger partial charge in [-0.25, -0.2) is 4.68 Å². The van der Waals surface area contributed by atoms with Crippen LogP contribution in [0.4, 0.5) is 13.2 Å². The van der Waals surface area contributed by atoms with Crippen LogP contribution >= 0.6 is 11.9 Å². The maximum Gasteiger partial charge on any atom is 0.435 e. The summed E-state index contributed by atoms with van der Waals surface area (Å²) < 4.78 is 44.1. The molecular weight excluding hydrogens is 519 g/mol. The van der Waals surface area contributed by atoms with E-state index in [1.54, 1.807) is 36.4 Å². The van der Waals surface area contributed by atoms with E-state index in [0.717, 1.165) is 28.5 Å². The van der Waals surface area contributed by atoms with Gasteiger partial charge in [-0.1, -0.05) is 29.8 Å². The molecule has 1 heterocycles. The lowest BCUT2D eigenvalue weighted by Crippen LogP contribution is -2.23. The zero-order valence-electron chi connectivity index (χ0n) is 21.0. The molecule has 0 aliphatic heterocycles. The maximum atomic E-state index is 13.3. The van der Waals surface area contributed by atoms with E-state index in [4.69, 9.17) is 11.5 Å². The minimum Gasteiger partial charge on any atom is -0.370 e. The molecule has 0 bridgehead atoms. The second-order valence-corrected chi connectivity index (χ2v) is 9.07. The number of carbonyl (C=O) groups is 2. The Labute approximate surface area is 222 Å². The topological polar surface area (TPSA) is 154 Å². The number of rotatable bonds is 9. The van der Waals surface area contributed by atoms with Gasteiger partial charge in [0.25, 0.3) is 0 Å². The highest BCUT2D eigenvalue weighted by molar-refractivity contribution is 7.98. The van der Waals surface area contributed by atoms with E-state index in [-0.39, 0.29) is 17.8 Å². The molecule has 9 nitrogen and oxygen atoms in total. The largest absolute Gasteiger partial charge is 0.435 e. The molecule has 204 valence electrons. The first kappa shape index (κ1) is 30.2. The van der Waals surface area contributed by atoms with Crippen molar-refractivity contribution in [2.24, 2.45) is 22.2 Å². The van der Waals surface area contributed by atoms with Crippen LogP contribution in [0.25, 0.3) is 16.9 Å². The summed E-state index contributed by atoms with van der Waals surface area (Å²) in [5, 5.41) is 3.80. The molecule has 13 heteroatoms. The van der Waals surface area contributed by atoms with Gasteiger partial charge in [-0.15, -0.1) is 0 Å². The molecule has 0 radical (unpaired) electrons. The SMILES string of the molecule is CC(N)=O.Cc1ccc(-c2cc(C(F)(F)F)nn2-c2ccc(SNC(=O)CCCCN=C(N)N)cc2)cc1. The van der Waals surface area contributed by atoms with Crippen molar-refractivity contribution in [2.75, 3.05) is 6.54 Å². The number of carbonyl (C=O) groups excluding carboxylic acids is 2. The van der Waals surface area contributed by atoms with Crippen molar-refractivity contribution in [3.05, 3.63) is 65.9 Å². The number of benzene rings is 2. The maximum absolute atomic E-state index is 13.3. The molecule has 0 aliphatic carbocycles. The van der Waals surface area contributed by atoms with E-state index >= 15 is 0 Å². The Morgan fingerprint density at radius 1 is 1.03 bits per heavy atom. The Morgan fingerprint density at radius 2 is 1.63 bits per heavy atom. The van der Waals surface area contributed by atoms with Crippen LogP contribution in [0, 0.1) is 6.92 Å². The van der Waals surface area contributed by atoms with Crippen molar-refractivity contribution in [1.82, 2.24) is 14.5 Å². The molecule has 0 spiro atoms. The van der Waals surface area contributed by atoms with Gasteiger partial charge in [-0.2, -0.15) is 18.3 Å². The summed E-state index contributed by atoms with van der Waals surface area (Å²) in [6.45, 7) is 3.68. The number of aliphatic imine (C=N–C) groups is 1. The average Bonchev–Trinajstić information content (AvgIpc) is 3.29. The number of nitrogens with zero attached hydrogens (tertiary/aromatic N) is 3. The molecule has 0 aliphatic rings. The number of amides is 2. The molecule has 2 amide bonds. The summed E-state index contributed by atoms with van der Waals surface area (Å²) in [6, 6.07) is 15.0. The van der Waals surface area contributed by atoms with Crippen molar-refractivity contribution < 1.29 is 22.8 Å². The van der Waals surface area contributed by atoms with Crippen LogP contribution in [-0.4, -0.2) is 34.1 Å². The number of nitrogens with one attached hydrogen (secondary N) is 1. The minimum absolute atomic E-state index is 0.0270. The van der Waals surface area contributed by atoms with Crippen LogP contribution in [0.5, 0.6) is 0 Å². The van der Waals surface area contributed by atoms with Crippen molar-refractivity contribution in [3.8, 4) is 16.9 Å². The quantitative estimate of drug-likeness (QED) is 0.137. The van der Waals surface area contributed by atoms with Crippen molar-refractivity contribution in [3.63, 3.8) is 0 Å². The number of unbranched alkanes of at least 4 members (excludes halogenated alkanes) is 1. The number of guanidine groups is 1. The number of aryl methyl sites for hydroxylation is 1. The first-order valence-electron chi connectivity index (χ1n) is 11.5. The Hall–Kier alpha value is -4.00. The van der Waals surface area contributed by atoms with Crippen molar-refractivity contribution in [2.45, 2.75) is 44.2 Å². The van der Waals surface area contributed by atoms with Crippen LogP contribution in [-0.2, 0) is 15.8 Å². The fourth-order valence-corrected chi connectivity index (χ4v) is 3.68. The highest BCUT2D eigenvalue weighted by atomic mass is 32.2. The van der Waals surface area contributed by atoms with Crippen LogP contribution in [0.15, 0.2) is 64.5 Å². The zero-order chi connectivity index (χ0) is 28.3. The highest BCUT2D eigenvalue weighted by Gasteiger charge is 2.35. The van der Waals surface area contributed by atoms with Crippen LogP contribution in [0.1, 0.15) is 37.4 Å². The fraction of sp³-hybridized carbons (Fsp3) is 0.280. The number of hydrogen-bond donors (Lipinski definition) is 4. The van der Waals surface area contributed by atoms with Crippen molar-refractivity contribution >= 4 is 29.7 Å². The van der Waals surface area contributed by atoms with E-state index in [1.165, 1.54) is 11.6 Å². The normalized spacial score (nSPS) is 10.8. The lowest BCUT2D eigenvalue weighted by Gasteiger charge is -2.09. The standard InChI is InChI=1S/C23H25F3N6OS.C2H5NO/c1-15-5-7-16(8-6-15)19-14-20(23(24,25)26)30-32(19)17-9-11-18(12-10-17)34-31-21(33)4-2-3-13-29-22(27)28;1-2(3)4/h5-12,14H,2-4,13H2,1H3,(H,31,33)(H4,27,28,29);1H3,(H2,3,4). The van der Waals surface area contributed by atoms with Crippen LogP contribution < -0.4 is 21.9 Å². The molecule has 1 aromatic heterocycles. The smallest absolute Gasteiger partial charge is 0.370 e. The van der Waals surface area contributed by atoms with Gasteiger partial charge < -0.3 is 17.2 Å². The number of hydrogen-bond acceptors (Lipinski definition) is 5. The van der Waals surface area contributed by atoms with E-state index in [1.807, 2.05) is 19.1 Å². The second kappa shape index (κ2) is 14.1. The number of primary amides is 1. The number of aromatic nitrogens is 2. The average molecular weight is 550 g/mol. The van der Waals surface area contributed by atoms with E-state index in [9.17, 15) is 22.8 Å². The predicted octanol–water partition coefficient (Wildman–Crippen LogP) is 3.93. The van der Waals surface area contributed by atoms with Gasteiger partial charge in [-0.05, 0) is 62.0 Å². The van der Waals surface area contributed by atoms with Crippen LogP contribution in [0.3, 0.4) is 0 Å². The predicted molar refractivity (Wildman–Crippen MR) is 142 cm³/mol. The minimum atomic E-state index is -4.56. The lowest BCUT2D eigenvalue weighted by atomic mass is 10.1. The lowest BCUT2D eigenvalue weighted by molar-refractivity contribution is -0.141. The molecular formula is C25H30F3N7O2S. The Bertz CT molecular complexity index is 1230. The number of nitrogens with two attached hydrogens (primary N) is 3. The third-order valence-electron chi connectivity index (χ3n) is 4.82. The molecule has 3 rings (SSSR count). The number of halogens is 3. The molecule has 0 saturated heterocycles. The van der Waals surface area contributed by atoms with E-state index in [2.05, 4.69) is 20.5 Å². The molecule has 0 fully saturated rings. The molecule has 38 heavy (non-hydrogen) atoms. The van der Waals surface area contributed by atoms with Gasteiger partial charge >= 0.3 is 6.18 Å². The first-order chi connectivity index (χ1) is 17.9. The Kier molecular flexibility index (Phi) is 11.2. The zero-order valence-corrected chi connectivity index (χ0v) is 21.8. The summed E-state index contributed by atoms with van der Waals surface area (Å²) >= 11 is 1.14.